The molecule has 0 bridgehead atoms. The Labute approximate surface area is 234 Å². The standard InChI is InChI=1S/C28H33F4N5O4/c1-14(2)37-21(10-11-33-37)26(40)36-24(23(16-4-5-16)17-6-7-17)27(41)34-20-9-8-18(12-19(20)29)15(3)25(39)35-22(13-38)28(30,31)32/h8-12,14-16,22,24,38H,4-7,13H2,1-3H3,(H,34,41)(H,35,39)(H,36,40)/t15-,22-,24-/m0/s1. The van der Waals surface area contributed by atoms with E-state index in [1.54, 1.807) is 16.1 Å². The first kappa shape index (κ1) is 30.2. The largest absolute Gasteiger partial charge is 0.410 e. The summed E-state index contributed by atoms with van der Waals surface area (Å²) in [6.07, 6.45) is 0.0664. The van der Waals surface area contributed by atoms with E-state index in [0.717, 1.165) is 42.9 Å². The fraction of sp³-hybridized carbons (Fsp3) is 0.500. The van der Waals surface area contributed by atoms with Crippen molar-refractivity contribution in [3.63, 3.8) is 0 Å². The van der Waals surface area contributed by atoms with Crippen molar-refractivity contribution >= 4 is 23.4 Å². The van der Waals surface area contributed by atoms with Crippen molar-refractivity contribution in [2.24, 2.45) is 5.92 Å². The van der Waals surface area contributed by atoms with Crippen LogP contribution >= 0.6 is 0 Å². The highest BCUT2D eigenvalue weighted by Crippen LogP contribution is 2.46. The molecule has 2 fully saturated rings. The minimum Gasteiger partial charge on any atom is -0.394 e. The zero-order chi connectivity index (χ0) is 30.1. The fourth-order valence-electron chi connectivity index (χ4n) is 4.66. The molecular weight excluding hydrogens is 546 g/mol. The molecule has 0 unspecified atom stereocenters. The Bertz CT molecular complexity index is 1340. The second-order valence-corrected chi connectivity index (χ2v) is 10.7. The first-order valence-electron chi connectivity index (χ1n) is 13.5. The van der Waals surface area contributed by atoms with Gasteiger partial charge < -0.3 is 21.1 Å². The van der Waals surface area contributed by atoms with Gasteiger partial charge in [-0.25, -0.2) is 4.39 Å². The number of amides is 3. The number of halogens is 4. The van der Waals surface area contributed by atoms with Gasteiger partial charge in [0, 0.05) is 12.2 Å². The lowest BCUT2D eigenvalue weighted by Crippen LogP contribution is -2.49. The van der Waals surface area contributed by atoms with E-state index in [1.807, 2.05) is 13.8 Å². The molecule has 9 nitrogen and oxygen atoms in total. The van der Waals surface area contributed by atoms with Gasteiger partial charge in [-0.05, 0) is 81.7 Å². The minimum absolute atomic E-state index is 0.0717. The number of hydrogen-bond donors (Lipinski definition) is 4. The van der Waals surface area contributed by atoms with Gasteiger partial charge in [-0.1, -0.05) is 11.6 Å². The number of aromatic nitrogens is 2. The molecule has 0 radical (unpaired) electrons. The maximum Gasteiger partial charge on any atom is 0.410 e. The normalized spacial score (nSPS) is 17.0. The van der Waals surface area contributed by atoms with Gasteiger partial charge in [-0.15, -0.1) is 0 Å². The van der Waals surface area contributed by atoms with E-state index >= 15 is 4.39 Å². The summed E-state index contributed by atoms with van der Waals surface area (Å²) in [7, 11) is 0. The smallest absolute Gasteiger partial charge is 0.394 e. The predicted octanol–water partition coefficient (Wildman–Crippen LogP) is 3.98. The summed E-state index contributed by atoms with van der Waals surface area (Å²) in [6, 6.07) is 1.46. The van der Waals surface area contributed by atoms with Crippen LogP contribution in [0.3, 0.4) is 0 Å². The third-order valence-corrected chi connectivity index (χ3v) is 7.20. The third kappa shape index (κ3) is 7.13. The SMILES string of the molecule is CC(C)n1nccc1C(=O)N[C@H](C(=O)Nc1ccc([C@H](C)C(=O)N[C@@H](CO)C(F)(F)F)cc1F)C(=C1CC1)C1CC1. The molecule has 4 N–H and O–H groups in total. The van der Waals surface area contributed by atoms with E-state index < -0.39 is 54.3 Å². The number of hydrogen-bond acceptors (Lipinski definition) is 5. The van der Waals surface area contributed by atoms with E-state index in [4.69, 9.17) is 5.11 Å². The van der Waals surface area contributed by atoms with Crippen LogP contribution < -0.4 is 16.0 Å². The Morgan fingerprint density at radius 2 is 1.76 bits per heavy atom. The topological polar surface area (TPSA) is 125 Å². The van der Waals surface area contributed by atoms with Crippen LogP contribution in [0.15, 0.2) is 41.6 Å². The molecule has 2 saturated carbocycles. The van der Waals surface area contributed by atoms with Crippen LogP contribution in [0.1, 0.15) is 74.5 Å². The highest BCUT2D eigenvalue weighted by molar-refractivity contribution is 6.02. The van der Waals surface area contributed by atoms with E-state index in [2.05, 4.69) is 15.7 Å². The van der Waals surface area contributed by atoms with Crippen molar-refractivity contribution in [3.8, 4) is 0 Å². The lowest BCUT2D eigenvalue weighted by molar-refractivity contribution is -0.168. The molecular formula is C28H33F4N5O4. The lowest BCUT2D eigenvalue weighted by atomic mass is 9.98. The Hall–Kier alpha value is -3.74. The number of aliphatic hydroxyl groups excluding tert-OH is 1. The number of nitrogens with zero attached hydrogens (tertiary/aromatic N) is 2. The first-order valence-corrected chi connectivity index (χ1v) is 13.5. The monoisotopic (exact) mass is 579 g/mol. The summed E-state index contributed by atoms with van der Waals surface area (Å²) in [6.45, 7) is 3.70. The summed E-state index contributed by atoms with van der Waals surface area (Å²) in [5.74, 6) is -4.10. The highest BCUT2D eigenvalue weighted by Gasteiger charge is 2.42. The van der Waals surface area contributed by atoms with E-state index in [-0.39, 0.29) is 28.9 Å². The van der Waals surface area contributed by atoms with Crippen LogP contribution in [0.5, 0.6) is 0 Å². The van der Waals surface area contributed by atoms with Crippen molar-refractivity contribution < 1.29 is 37.1 Å². The van der Waals surface area contributed by atoms with Gasteiger partial charge in [-0.2, -0.15) is 18.3 Å². The zero-order valence-corrected chi connectivity index (χ0v) is 22.9. The van der Waals surface area contributed by atoms with E-state index in [1.165, 1.54) is 25.3 Å². The third-order valence-electron chi connectivity index (χ3n) is 7.20. The van der Waals surface area contributed by atoms with Crippen molar-refractivity contribution in [3.05, 3.63) is 58.7 Å². The number of carbonyl (C=O) groups excluding carboxylic acids is 3. The Morgan fingerprint density at radius 1 is 1.07 bits per heavy atom. The van der Waals surface area contributed by atoms with Crippen LogP contribution in [0.25, 0.3) is 0 Å². The molecule has 0 saturated heterocycles. The molecule has 1 aromatic carbocycles. The average Bonchev–Trinajstić information content (AvgIpc) is 3.85. The minimum atomic E-state index is -4.85. The van der Waals surface area contributed by atoms with E-state index in [9.17, 15) is 27.6 Å². The molecule has 1 aromatic heterocycles. The molecule has 1 heterocycles. The predicted molar refractivity (Wildman–Crippen MR) is 141 cm³/mol. The molecule has 41 heavy (non-hydrogen) atoms. The van der Waals surface area contributed by atoms with Gasteiger partial charge in [0.15, 0.2) is 0 Å². The maximum absolute atomic E-state index is 15.1. The summed E-state index contributed by atoms with van der Waals surface area (Å²) in [4.78, 5) is 39.1. The summed E-state index contributed by atoms with van der Waals surface area (Å²) in [5.41, 5.74) is 2.09. The summed E-state index contributed by atoms with van der Waals surface area (Å²) in [5, 5.41) is 20.2. The molecule has 2 aliphatic rings. The van der Waals surface area contributed by atoms with Crippen molar-refractivity contribution in [2.75, 3.05) is 11.9 Å². The summed E-state index contributed by atoms with van der Waals surface area (Å²) < 4.78 is 55.4. The first-order chi connectivity index (χ1) is 19.3. The molecule has 13 heteroatoms. The van der Waals surface area contributed by atoms with Crippen LogP contribution in [-0.4, -0.2) is 57.5 Å². The van der Waals surface area contributed by atoms with Crippen molar-refractivity contribution in [1.82, 2.24) is 20.4 Å². The highest BCUT2D eigenvalue weighted by atomic mass is 19.4. The summed E-state index contributed by atoms with van der Waals surface area (Å²) >= 11 is 0. The average molecular weight is 580 g/mol. The number of nitrogens with one attached hydrogen (secondary N) is 3. The zero-order valence-electron chi connectivity index (χ0n) is 22.9. The second kappa shape index (κ2) is 12.0. The molecule has 3 atom stereocenters. The maximum atomic E-state index is 15.1. The van der Waals surface area contributed by atoms with Crippen LogP contribution in [0, 0.1) is 11.7 Å². The van der Waals surface area contributed by atoms with Crippen LogP contribution in [0.4, 0.5) is 23.2 Å². The number of anilines is 1. The molecule has 3 amide bonds. The number of alkyl halides is 3. The molecule has 0 aliphatic heterocycles. The number of aliphatic hydroxyl groups is 1. The van der Waals surface area contributed by atoms with Gasteiger partial charge in [0.2, 0.25) is 5.91 Å². The van der Waals surface area contributed by atoms with Gasteiger partial charge >= 0.3 is 6.18 Å². The molecule has 4 rings (SSSR count). The Morgan fingerprint density at radius 3 is 2.29 bits per heavy atom. The molecule has 0 spiro atoms. The molecule has 222 valence electrons. The number of allylic oxidation sites excluding steroid dienone is 1. The van der Waals surface area contributed by atoms with Crippen LogP contribution in [-0.2, 0) is 9.59 Å². The van der Waals surface area contributed by atoms with Crippen molar-refractivity contribution in [2.45, 2.75) is 76.7 Å². The second-order valence-electron chi connectivity index (χ2n) is 10.7. The molecule has 2 aromatic rings. The Kier molecular flexibility index (Phi) is 8.86. The van der Waals surface area contributed by atoms with Crippen molar-refractivity contribution in [1.29, 1.82) is 0 Å². The number of benzene rings is 1. The van der Waals surface area contributed by atoms with E-state index in [0.29, 0.717) is 0 Å². The molecule has 2 aliphatic carbocycles. The Balaban J connectivity index is 1.52. The quantitative estimate of drug-likeness (QED) is 0.237. The van der Waals surface area contributed by atoms with Crippen LogP contribution in [0.2, 0.25) is 0 Å². The van der Waals surface area contributed by atoms with Gasteiger partial charge in [-0.3, -0.25) is 19.1 Å². The van der Waals surface area contributed by atoms with Gasteiger partial charge in [0.05, 0.1) is 18.2 Å². The fourth-order valence-corrected chi connectivity index (χ4v) is 4.66. The van der Waals surface area contributed by atoms with Gasteiger partial charge in [0.1, 0.15) is 23.6 Å². The lowest BCUT2D eigenvalue weighted by Gasteiger charge is -2.23. The van der Waals surface area contributed by atoms with Gasteiger partial charge in [0.25, 0.3) is 11.8 Å². The number of carbonyl (C=O) groups is 3. The number of rotatable bonds is 11.